The molecule has 122 valence electrons. The normalized spacial score (nSPS) is 21.4. The molecule has 0 saturated carbocycles. The number of aryl methyl sites for hydroxylation is 1. The first kappa shape index (κ1) is 16.0. The number of hydrogen-bond acceptors (Lipinski definition) is 4. The summed E-state index contributed by atoms with van der Waals surface area (Å²) in [5, 5.41) is 14.2. The van der Waals surface area contributed by atoms with Gasteiger partial charge < -0.3 is 15.3 Å². The Kier molecular flexibility index (Phi) is 4.37. The Morgan fingerprint density at radius 3 is 2.74 bits per heavy atom. The molecule has 1 aromatic carbocycles. The van der Waals surface area contributed by atoms with Gasteiger partial charge in [-0.1, -0.05) is 18.2 Å². The van der Waals surface area contributed by atoms with Crippen molar-refractivity contribution in [1.29, 1.82) is 0 Å². The highest BCUT2D eigenvalue weighted by Crippen LogP contribution is 2.30. The zero-order chi connectivity index (χ0) is 16.6. The number of hydrogen-bond donors (Lipinski definition) is 2. The molecule has 6 heteroatoms. The summed E-state index contributed by atoms with van der Waals surface area (Å²) < 4.78 is 1.09. The molecule has 0 spiro atoms. The number of aliphatic hydroxyl groups is 1. The number of amides is 2. The molecule has 1 saturated heterocycles. The maximum Gasteiger partial charge on any atom is 0.261 e. The summed E-state index contributed by atoms with van der Waals surface area (Å²) >= 11 is 1.47. The van der Waals surface area contributed by atoms with Crippen molar-refractivity contribution < 1.29 is 14.7 Å². The number of piperidine rings is 1. The molecule has 2 atom stereocenters. The Morgan fingerprint density at radius 2 is 2.09 bits per heavy atom. The molecule has 3 rings (SSSR count). The fraction of sp³-hybridized carbons (Fsp3) is 0.412. The summed E-state index contributed by atoms with van der Waals surface area (Å²) in [5.74, 6) is -0.196. The molecule has 0 bridgehead atoms. The van der Waals surface area contributed by atoms with E-state index in [2.05, 4.69) is 5.32 Å². The lowest BCUT2D eigenvalue weighted by Crippen LogP contribution is -2.54. The van der Waals surface area contributed by atoms with E-state index in [4.69, 9.17) is 0 Å². The lowest BCUT2D eigenvalue weighted by Gasteiger charge is -2.35. The van der Waals surface area contributed by atoms with Crippen molar-refractivity contribution in [3.63, 3.8) is 0 Å². The van der Waals surface area contributed by atoms with Crippen LogP contribution in [0.15, 0.2) is 24.3 Å². The zero-order valence-electron chi connectivity index (χ0n) is 13.2. The van der Waals surface area contributed by atoms with Crippen LogP contribution in [0.3, 0.4) is 0 Å². The van der Waals surface area contributed by atoms with Gasteiger partial charge in [0, 0.05) is 24.7 Å². The number of aliphatic hydroxyl groups excluding tert-OH is 1. The summed E-state index contributed by atoms with van der Waals surface area (Å²) in [6.07, 6.45) is -0.164. The first-order chi connectivity index (χ1) is 11.0. The van der Waals surface area contributed by atoms with Crippen LogP contribution in [0, 0.1) is 6.92 Å². The minimum Gasteiger partial charge on any atom is -0.389 e. The number of carbonyl (C=O) groups excluding carboxylic acids is 2. The van der Waals surface area contributed by atoms with Crippen LogP contribution < -0.4 is 5.32 Å². The molecule has 0 radical (unpaired) electrons. The number of carbonyl (C=O) groups is 2. The molecular weight excluding hydrogens is 312 g/mol. The molecule has 1 aliphatic rings. The third-order valence-corrected chi connectivity index (χ3v) is 5.67. The quantitative estimate of drug-likeness (QED) is 0.883. The number of β-amino-alcohol motifs (C(OH)–C–C–N with tert-alkyl or cyclic N) is 1. The lowest BCUT2D eigenvalue weighted by atomic mass is 10.0. The minimum atomic E-state index is -0.730. The number of benzene rings is 1. The van der Waals surface area contributed by atoms with Gasteiger partial charge in [0.05, 0.1) is 17.0 Å². The Labute approximate surface area is 138 Å². The van der Waals surface area contributed by atoms with Gasteiger partial charge in [-0.15, -0.1) is 11.3 Å². The minimum absolute atomic E-state index is 0.0471. The van der Waals surface area contributed by atoms with Gasteiger partial charge >= 0.3 is 0 Å². The fourth-order valence-electron chi connectivity index (χ4n) is 3.01. The van der Waals surface area contributed by atoms with Crippen LogP contribution in [0.25, 0.3) is 10.1 Å². The van der Waals surface area contributed by atoms with E-state index in [0.29, 0.717) is 17.8 Å². The third kappa shape index (κ3) is 3.09. The number of fused-ring (bicyclic) bond motifs is 1. The maximum atomic E-state index is 12.6. The molecular formula is C17H20N2O3S. The maximum absolute atomic E-state index is 12.6. The number of rotatable bonds is 2. The molecule has 0 aliphatic carbocycles. The van der Waals surface area contributed by atoms with E-state index in [9.17, 15) is 14.7 Å². The first-order valence-corrected chi connectivity index (χ1v) is 8.51. The van der Waals surface area contributed by atoms with Crippen molar-refractivity contribution in [2.24, 2.45) is 0 Å². The fourth-order valence-corrected chi connectivity index (χ4v) is 4.12. The van der Waals surface area contributed by atoms with Crippen LogP contribution in [0.4, 0.5) is 0 Å². The van der Waals surface area contributed by atoms with E-state index in [-0.39, 0.29) is 24.4 Å². The second-order valence-electron chi connectivity index (χ2n) is 5.95. The average molecular weight is 332 g/mol. The van der Waals surface area contributed by atoms with E-state index < -0.39 is 6.10 Å². The molecule has 2 amide bonds. The van der Waals surface area contributed by atoms with Crippen molar-refractivity contribution in [3.05, 3.63) is 34.7 Å². The van der Waals surface area contributed by atoms with Crippen molar-refractivity contribution in [2.45, 2.75) is 32.4 Å². The smallest absolute Gasteiger partial charge is 0.261 e. The monoisotopic (exact) mass is 332 g/mol. The Hall–Kier alpha value is -1.92. The van der Waals surface area contributed by atoms with Gasteiger partial charge in [0.15, 0.2) is 0 Å². The second kappa shape index (κ2) is 6.29. The van der Waals surface area contributed by atoms with Gasteiger partial charge in [-0.3, -0.25) is 9.59 Å². The van der Waals surface area contributed by atoms with Crippen LogP contribution in [0.5, 0.6) is 0 Å². The van der Waals surface area contributed by atoms with Crippen molar-refractivity contribution >= 4 is 33.2 Å². The molecule has 2 heterocycles. The average Bonchev–Trinajstić information content (AvgIpc) is 2.87. The van der Waals surface area contributed by atoms with Crippen LogP contribution >= 0.6 is 11.3 Å². The number of thiophene rings is 1. The first-order valence-electron chi connectivity index (χ1n) is 7.70. The molecule has 1 aliphatic heterocycles. The Bertz CT molecular complexity index is 755. The van der Waals surface area contributed by atoms with Gasteiger partial charge in [0.1, 0.15) is 0 Å². The number of likely N-dealkylation sites (tertiary alicyclic amines) is 1. The Morgan fingerprint density at radius 1 is 1.35 bits per heavy atom. The molecule has 2 N–H and O–H groups in total. The van der Waals surface area contributed by atoms with E-state index >= 15 is 0 Å². The highest BCUT2D eigenvalue weighted by Gasteiger charge is 2.30. The standard InChI is InChI=1S/C17H20N2O3S/c1-10-12-5-3-4-6-15(12)23-16(10)17(22)18-13-7-8-19(11(2)20)9-14(13)21/h3-6,13-14,21H,7-9H2,1-2H3,(H,18,22)/t13-,14-/m1/s1. The van der Waals surface area contributed by atoms with Gasteiger partial charge in [0.25, 0.3) is 5.91 Å². The van der Waals surface area contributed by atoms with Crippen LogP contribution in [-0.2, 0) is 4.79 Å². The van der Waals surface area contributed by atoms with Crippen molar-refractivity contribution in [2.75, 3.05) is 13.1 Å². The Balaban J connectivity index is 1.74. The summed E-state index contributed by atoms with van der Waals surface area (Å²) in [5.41, 5.74) is 0.971. The van der Waals surface area contributed by atoms with Gasteiger partial charge in [-0.05, 0) is 30.4 Å². The van der Waals surface area contributed by atoms with E-state index in [1.54, 1.807) is 4.90 Å². The van der Waals surface area contributed by atoms with E-state index in [1.165, 1.54) is 18.3 Å². The topological polar surface area (TPSA) is 69.6 Å². The van der Waals surface area contributed by atoms with Crippen LogP contribution in [0.2, 0.25) is 0 Å². The highest BCUT2D eigenvalue weighted by molar-refractivity contribution is 7.21. The predicted octanol–water partition coefficient (Wildman–Crippen LogP) is 1.92. The molecule has 2 aromatic rings. The zero-order valence-corrected chi connectivity index (χ0v) is 14.0. The molecule has 1 fully saturated rings. The van der Waals surface area contributed by atoms with Gasteiger partial charge in [-0.25, -0.2) is 0 Å². The van der Waals surface area contributed by atoms with Crippen molar-refractivity contribution in [1.82, 2.24) is 10.2 Å². The number of nitrogens with zero attached hydrogens (tertiary/aromatic N) is 1. The van der Waals surface area contributed by atoms with Crippen molar-refractivity contribution in [3.8, 4) is 0 Å². The molecule has 1 aromatic heterocycles. The number of nitrogens with one attached hydrogen (secondary N) is 1. The summed E-state index contributed by atoms with van der Waals surface area (Å²) in [7, 11) is 0. The summed E-state index contributed by atoms with van der Waals surface area (Å²) in [6.45, 7) is 4.27. The molecule has 23 heavy (non-hydrogen) atoms. The summed E-state index contributed by atoms with van der Waals surface area (Å²) in [6, 6.07) is 7.62. The third-order valence-electron chi connectivity index (χ3n) is 4.39. The largest absolute Gasteiger partial charge is 0.389 e. The second-order valence-corrected chi connectivity index (χ2v) is 7.01. The lowest BCUT2D eigenvalue weighted by molar-refractivity contribution is -0.132. The highest BCUT2D eigenvalue weighted by atomic mass is 32.1. The molecule has 0 unspecified atom stereocenters. The van der Waals surface area contributed by atoms with E-state index in [1.807, 2.05) is 31.2 Å². The van der Waals surface area contributed by atoms with Gasteiger partial charge in [-0.2, -0.15) is 0 Å². The predicted molar refractivity (Wildman–Crippen MR) is 90.7 cm³/mol. The van der Waals surface area contributed by atoms with Gasteiger partial charge in [0.2, 0.25) is 5.91 Å². The molecule has 5 nitrogen and oxygen atoms in total. The SMILES string of the molecule is CC(=O)N1CC[C@@H](NC(=O)c2sc3ccccc3c2C)[C@H](O)C1. The van der Waals surface area contributed by atoms with Crippen LogP contribution in [-0.4, -0.2) is 47.1 Å². The van der Waals surface area contributed by atoms with Crippen LogP contribution in [0.1, 0.15) is 28.6 Å². The summed E-state index contributed by atoms with van der Waals surface area (Å²) in [4.78, 5) is 26.2. The van der Waals surface area contributed by atoms with E-state index in [0.717, 1.165) is 15.6 Å².